The molecule has 0 saturated carbocycles. The molecule has 1 aromatic carbocycles. The van der Waals surface area contributed by atoms with Gasteiger partial charge in [-0.15, -0.1) is 0 Å². The van der Waals surface area contributed by atoms with Crippen LogP contribution in [0.4, 0.5) is 11.8 Å². The van der Waals surface area contributed by atoms with Crippen molar-refractivity contribution in [2.75, 3.05) is 30.3 Å². The maximum Gasteiger partial charge on any atom is 0.225 e. The molecular weight excluding hydrogens is 504 g/mol. The van der Waals surface area contributed by atoms with E-state index in [0.29, 0.717) is 5.82 Å². The standard InChI is InChI=1S/C17H24N4.C12H14N6O/c1-5-21(6-2)16-19-11-15(12-20-16)17(4,18)14-9-7-13(3)8-10-14;1-8(6-19)17-5-10(3-15-17)9-2-11-12(13)14-7-16-18(11)4-9/h7-12H,5-6,18H2,1-4H3;2-5,7-8,19H,6H2,1H3,(H2,13,14,16)/t17-;8-/m00/s1. The van der Waals surface area contributed by atoms with Gasteiger partial charge in [-0.3, -0.25) is 4.68 Å². The number of nitrogens with two attached hydrogens (primary N) is 2. The summed E-state index contributed by atoms with van der Waals surface area (Å²) in [6.07, 6.45) is 10.6. The highest BCUT2D eigenvalue weighted by Gasteiger charge is 2.24. The summed E-state index contributed by atoms with van der Waals surface area (Å²) in [5, 5.41) is 17.5. The molecule has 40 heavy (non-hydrogen) atoms. The van der Waals surface area contributed by atoms with Crippen LogP contribution < -0.4 is 16.4 Å². The van der Waals surface area contributed by atoms with E-state index in [-0.39, 0.29) is 12.6 Å². The maximum atomic E-state index is 9.12. The number of hydrogen-bond donors (Lipinski definition) is 3. The van der Waals surface area contributed by atoms with E-state index in [1.54, 1.807) is 15.4 Å². The number of nitrogen functional groups attached to an aromatic ring is 1. The van der Waals surface area contributed by atoms with Gasteiger partial charge in [-0.25, -0.2) is 19.5 Å². The molecule has 11 heteroatoms. The summed E-state index contributed by atoms with van der Waals surface area (Å²) >= 11 is 0. The normalized spacial score (nSPS) is 13.4. The molecular formula is C29H38N10O. The third kappa shape index (κ3) is 6.11. The first-order chi connectivity index (χ1) is 19.2. The molecule has 4 heterocycles. The van der Waals surface area contributed by atoms with Gasteiger partial charge in [0.25, 0.3) is 0 Å². The Labute approximate surface area is 234 Å². The number of fused-ring (bicyclic) bond motifs is 1. The zero-order valence-corrected chi connectivity index (χ0v) is 23.7. The molecule has 11 nitrogen and oxygen atoms in total. The molecule has 2 atom stereocenters. The van der Waals surface area contributed by atoms with E-state index >= 15 is 0 Å². The highest BCUT2D eigenvalue weighted by molar-refractivity contribution is 5.75. The average Bonchev–Trinajstić information content (AvgIpc) is 3.63. The van der Waals surface area contributed by atoms with Crippen molar-refractivity contribution < 1.29 is 5.11 Å². The van der Waals surface area contributed by atoms with Gasteiger partial charge in [-0.1, -0.05) is 29.8 Å². The van der Waals surface area contributed by atoms with Gasteiger partial charge in [0.15, 0.2) is 5.82 Å². The SMILES string of the molecule is CCN(CC)c1ncc([C@@](C)(N)c2ccc(C)cc2)cn1.C[C@@H](CO)n1cc(-c2cc3c(N)ncnn3c2)cn1. The summed E-state index contributed by atoms with van der Waals surface area (Å²) in [7, 11) is 0. The van der Waals surface area contributed by atoms with E-state index < -0.39 is 5.54 Å². The van der Waals surface area contributed by atoms with E-state index in [4.69, 9.17) is 16.6 Å². The molecule has 0 saturated heterocycles. The largest absolute Gasteiger partial charge is 0.394 e. The van der Waals surface area contributed by atoms with Gasteiger partial charge < -0.3 is 21.5 Å². The molecule has 4 aromatic heterocycles. The van der Waals surface area contributed by atoms with E-state index in [1.807, 2.05) is 44.7 Å². The van der Waals surface area contributed by atoms with Crippen LogP contribution in [0.3, 0.4) is 0 Å². The lowest BCUT2D eigenvalue weighted by atomic mass is 9.87. The summed E-state index contributed by atoms with van der Waals surface area (Å²) in [4.78, 5) is 15.0. The van der Waals surface area contributed by atoms with E-state index in [9.17, 15) is 0 Å². The lowest BCUT2D eigenvalue weighted by Crippen LogP contribution is -2.35. The van der Waals surface area contributed by atoms with Crippen molar-refractivity contribution in [2.45, 2.75) is 46.2 Å². The number of nitrogens with zero attached hydrogens (tertiary/aromatic N) is 8. The van der Waals surface area contributed by atoms with Gasteiger partial charge in [0.1, 0.15) is 11.8 Å². The summed E-state index contributed by atoms with van der Waals surface area (Å²) < 4.78 is 3.41. The Kier molecular flexibility index (Phi) is 8.76. The second-order valence-corrected chi connectivity index (χ2v) is 9.96. The number of benzene rings is 1. The smallest absolute Gasteiger partial charge is 0.225 e. The first-order valence-electron chi connectivity index (χ1n) is 13.4. The summed E-state index contributed by atoms with van der Waals surface area (Å²) in [5.74, 6) is 1.20. The Morgan fingerprint density at radius 2 is 1.62 bits per heavy atom. The third-order valence-electron chi connectivity index (χ3n) is 7.02. The van der Waals surface area contributed by atoms with Crippen molar-refractivity contribution in [2.24, 2.45) is 5.73 Å². The van der Waals surface area contributed by atoms with Crippen molar-refractivity contribution in [3.8, 4) is 11.1 Å². The predicted molar refractivity (Wildman–Crippen MR) is 158 cm³/mol. The number of aromatic nitrogens is 7. The monoisotopic (exact) mass is 542 g/mol. The summed E-state index contributed by atoms with van der Waals surface area (Å²) in [6, 6.07) is 10.1. The summed E-state index contributed by atoms with van der Waals surface area (Å²) in [6.45, 7) is 12.0. The number of aliphatic hydroxyl groups is 1. The molecule has 0 aliphatic carbocycles. The van der Waals surface area contributed by atoms with Crippen LogP contribution in [-0.4, -0.2) is 59.1 Å². The molecule has 5 rings (SSSR count). The van der Waals surface area contributed by atoms with Crippen molar-refractivity contribution >= 4 is 17.3 Å². The second-order valence-electron chi connectivity index (χ2n) is 9.96. The zero-order chi connectivity index (χ0) is 28.9. The molecule has 0 unspecified atom stereocenters. The summed E-state index contributed by atoms with van der Waals surface area (Å²) in [5.41, 5.74) is 17.6. The molecule has 5 aromatic rings. The average molecular weight is 543 g/mol. The highest BCUT2D eigenvalue weighted by atomic mass is 16.3. The fourth-order valence-electron chi connectivity index (χ4n) is 4.24. The fraction of sp³-hybridized carbons (Fsp3) is 0.345. The minimum atomic E-state index is -0.588. The van der Waals surface area contributed by atoms with Crippen LogP contribution in [0, 0.1) is 6.92 Å². The molecule has 0 bridgehead atoms. The second kappa shape index (κ2) is 12.2. The Morgan fingerprint density at radius 1 is 0.950 bits per heavy atom. The number of aliphatic hydroxyl groups excluding tert-OH is 1. The van der Waals surface area contributed by atoms with Crippen LogP contribution in [-0.2, 0) is 5.54 Å². The number of aryl methyl sites for hydroxylation is 1. The Hall–Kier alpha value is -4.35. The Morgan fingerprint density at radius 3 is 2.23 bits per heavy atom. The molecule has 0 fully saturated rings. The fourth-order valence-corrected chi connectivity index (χ4v) is 4.24. The van der Waals surface area contributed by atoms with Crippen molar-refractivity contribution in [3.63, 3.8) is 0 Å². The first-order valence-corrected chi connectivity index (χ1v) is 13.4. The minimum Gasteiger partial charge on any atom is -0.394 e. The van der Waals surface area contributed by atoms with Gasteiger partial charge in [-0.05, 0) is 46.2 Å². The number of rotatable bonds is 8. The Bertz CT molecular complexity index is 1520. The zero-order valence-electron chi connectivity index (χ0n) is 23.7. The van der Waals surface area contributed by atoms with Gasteiger partial charge >= 0.3 is 0 Å². The number of anilines is 2. The van der Waals surface area contributed by atoms with Gasteiger partial charge in [0, 0.05) is 54.6 Å². The number of hydrogen-bond acceptors (Lipinski definition) is 9. The lowest BCUT2D eigenvalue weighted by molar-refractivity contribution is 0.230. The van der Waals surface area contributed by atoms with Crippen LogP contribution in [0.2, 0.25) is 0 Å². The third-order valence-corrected chi connectivity index (χ3v) is 7.02. The highest BCUT2D eigenvalue weighted by Crippen LogP contribution is 2.27. The van der Waals surface area contributed by atoms with Gasteiger partial charge in [-0.2, -0.15) is 10.2 Å². The van der Waals surface area contributed by atoms with Crippen LogP contribution in [0.25, 0.3) is 16.6 Å². The predicted octanol–water partition coefficient (Wildman–Crippen LogP) is 3.58. The lowest BCUT2D eigenvalue weighted by Gasteiger charge is -2.26. The topological polar surface area (TPSA) is 149 Å². The van der Waals surface area contributed by atoms with Crippen LogP contribution in [0.15, 0.2) is 67.6 Å². The molecule has 5 N–H and O–H groups in total. The minimum absolute atomic E-state index is 0.0457. The van der Waals surface area contributed by atoms with Crippen LogP contribution in [0.5, 0.6) is 0 Å². The van der Waals surface area contributed by atoms with E-state index in [2.05, 4.69) is 75.1 Å². The Balaban J connectivity index is 0.000000186. The molecule has 0 aliphatic rings. The van der Waals surface area contributed by atoms with Crippen LogP contribution in [0.1, 0.15) is 50.4 Å². The molecule has 0 aliphatic heterocycles. The quantitative estimate of drug-likeness (QED) is 0.267. The first kappa shape index (κ1) is 28.7. The molecule has 0 spiro atoms. The molecule has 0 amide bonds. The van der Waals surface area contributed by atoms with Crippen LogP contribution >= 0.6 is 0 Å². The van der Waals surface area contributed by atoms with Crippen molar-refractivity contribution in [1.29, 1.82) is 0 Å². The maximum absolute atomic E-state index is 9.12. The molecule has 210 valence electrons. The van der Waals surface area contributed by atoms with Gasteiger partial charge in [0.05, 0.1) is 24.4 Å². The van der Waals surface area contributed by atoms with Crippen molar-refractivity contribution in [3.05, 3.63) is 84.3 Å². The van der Waals surface area contributed by atoms with E-state index in [0.717, 1.165) is 46.8 Å². The van der Waals surface area contributed by atoms with E-state index in [1.165, 1.54) is 11.9 Å². The van der Waals surface area contributed by atoms with Gasteiger partial charge in [0.2, 0.25) is 5.95 Å². The molecule has 0 radical (unpaired) electrons. The van der Waals surface area contributed by atoms with Crippen molar-refractivity contribution in [1.82, 2.24) is 34.3 Å².